The number of aryl methyl sites for hydroxylation is 1. The van der Waals surface area contributed by atoms with Gasteiger partial charge in [-0.15, -0.1) is 0 Å². The molecule has 0 radical (unpaired) electrons. The van der Waals surface area contributed by atoms with E-state index in [1.165, 1.54) is 12.1 Å². The Hall–Kier alpha value is -1.13. The van der Waals surface area contributed by atoms with Crippen LogP contribution in [-0.2, 0) is 0 Å². The van der Waals surface area contributed by atoms with Gasteiger partial charge in [-0.05, 0) is 24.6 Å². The lowest BCUT2D eigenvalue weighted by atomic mass is 10.0. The summed E-state index contributed by atoms with van der Waals surface area (Å²) >= 11 is 0. The van der Waals surface area contributed by atoms with Crippen molar-refractivity contribution in [3.63, 3.8) is 0 Å². The normalized spacial score (nSPS) is 21.6. The molecule has 1 aromatic rings. The van der Waals surface area contributed by atoms with Crippen molar-refractivity contribution >= 4 is 0 Å². The van der Waals surface area contributed by atoms with E-state index in [0.29, 0.717) is 11.1 Å². The van der Waals surface area contributed by atoms with Crippen LogP contribution in [0, 0.1) is 12.7 Å². The predicted octanol–water partition coefficient (Wildman–Crippen LogP) is 1.07. The highest BCUT2D eigenvalue weighted by atomic mass is 19.1. The van der Waals surface area contributed by atoms with E-state index in [1.54, 1.807) is 6.92 Å². The molecule has 3 nitrogen and oxygen atoms in total. The first-order valence-corrected chi connectivity index (χ1v) is 5.11. The molecule has 0 aromatic heterocycles. The van der Waals surface area contributed by atoms with Crippen molar-refractivity contribution in [3.8, 4) is 5.75 Å². The Balaban J connectivity index is 2.33. The quantitative estimate of drug-likeness (QED) is 0.649. The molecule has 1 saturated heterocycles. The molecule has 15 heavy (non-hydrogen) atoms. The van der Waals surface area contributed by atoms with Gasteiger partial charge < -0.3 is 15.7 Å². The Labute approximate surface area is 88.3 Å². The Morgan fingerprint density at radius 3 is 2.87 bits per heavy atom. The molecule has 1 fully saturated rings. The number of halogens is 1. The molecule has 0 spiro atoms. The van der Waals surface area contributed by atoms with Crippen LogP contribution >= 0.6 is 0 Å². The second-order valence-corrected chi connectivity index (χ2v) is 3.87. The summed E-state index contributed by atoms with van der Waals surface area (Å²) in [6.07, 6.45) is 0. The van der Waals surface area contributed by atoms with Gasteiger partial charge in [-0.25, -0.2) is 4.39 Å². The molecule has 0 aliphatic carbocycles. The number of rotatable bonds is 1. The van der Waals surface area contributed by atoms with Crippen LogP contribution in [0.25, 0.3) is 0 Å². The fourth-order valence-corrected chi connectivity index (χ4v) is 1.90. The third kappa shape index (κ3) is 2.11. The Bertz CT molecular complexity index is 362. The number of benzene rings is 1. The molecule has 1 heterocycles. The van der Waals surface area contributed by atoms with Crippen molar-refractivity contribution in [2.75, 3.05) is 19.6 Å². The number of nitrogens with one attached hydrogen (secondary N) is 2. The summed E-state index contributed by atoms with van der Waals surface area (Å²) in [7, 11) is 0. The number of hydrogen-bond donors (Lipinski definition) is 3. The highest BCUT2D eigenvalue weighted by molar-refractivity contribution is 5.42. The van der Waals surface area contributed by atoms with E-state index in [2.05, 4.69) is 10.6 Å². The van der Waals surface area contributed by atoms with Gasteiger partial charge in [-0.3, -0.25) is 0 Å². The van der Waals surface area contributed by atoms with E-state index in [4.69, 9.17) is 0 Å². The smallest absolute Gasteiger partial charge is 0.124 e. The summed E-state index contributed by atoms with van der Waals surface area (Å²) in [6.45, 7) is 4.17. The highest BCUT2D eigenvalue weighted by Gasteiger charge is 2.19. The molecule has 1 aliphatic rings. The summed E-state index contributed by atoms with van der Waals surface area (Å²) < 4.78 is 13.2. The number of piperazine rings is 1. The van der Waals surface area contributed by atoms with Crippen molar-refractivity contribution in [2.45, 2.75) is 13.0 Å². The topological polar surface area (TPSA) is 44.3 Å². The molecular weight excluding hydrogens is 195 g/mol. The van der Waals surface area contributed by atoms with Crippen LogP contribution in [0.3, 0.4) is 0 Å². The number of phenols is 1. The number of phenolic OH excluding ortho intramolecular Hbond substituents is 1. The second kappa shape index (κ2) is 4.16. The predicted molar refractivity (Wildman–Crippen MR) is 56.4 cm³/mol. The number of aromatic hydroxyl groups is 1. The van der Waals surface area contributed by atoms with Crippen molar-refractivity contribution in [2.24, 2.45) is 0 Å². The first-order valence-electron chi connectivity index (χ1n) is 5.11. The van der Waals surface area contributed by atoms with Crippen LogP contribution in [0.4, 0.5) is 4.39 Å². The van der Waals surface area contributed by atoms with Crippen LogP contribution in [0.1, 0.15) is 17.2 Å². The lowest BCUT2D eigenvalue weighted by molar-refractivity contribution is 0.400. The molecule has 0 saturated carbocycles. The van der Waals surface area contributed by atoms with E-state index in [1.807, 2.05) is 0 Å². The standard InChI is InChI=1S/C11H15FN2O/c1-7-4-8(12)5-9(11(7)15)10-6-13-2-3-14-10/h4-5,10,13-15H,2-3,6H2,1H3/t10-/m1/s1. The van der Waals surface area contributed by atoms with Crippen LogP contribution in [0.15, 0.2) is 12.1 Å². The molecule has 1 aliphatic heterocycles. The zero-order valence-electron chi connectivity index (χ0n) is 8.68. The van der Waals surface area contributed by atoms with Crippen molar-refractivity contribution in [1.82, 2.24) is 10.6 Å². The van der Waals surface area contributed by atoms with Crippen molar-refractivity contribution in [1.29, 1.82) is 0 Å². The molecule has 82 valence electrons. The molecule has 3 N–H and O–H groups in total. The van der Waals surface area contributed by atoms with Crippen LogP contribution < -0.4 is 10.6 Å². The van der Waals surface area contributed by atoms with Crippen LogP contribution in [-0.4, -0.2) is 24.7 Å². The summed E-state index contributed by atoms with van der Waals surface area (Å²) in [5, 5.41) is 16.3. The van der Waals surface area contributed by atoms with Gasteiger partial charge in [-0.2, -0.15) is 0 Å². The largest absolute Gasteiger partial charge is 0.507 e. The molecule has 0 unspecified atom stereocenters. The van der Waals surface area contributed by atoms with Gasteiger partial charge in [0.2, 0.25) is 0 Å². The first kappa shape index (κ1) is 10.4. The van der Waals surface area contributed by atoms with Crippen molar-refractivity contribution < 1.29 is 9.50 Å². The molecule has 0 amide bonds. The van der Waals surface area contributed by atoms with Gasteiger partial charge in [0.25, 0.3) is 0 Å². The fourth-order valence-electron chi connectivity index (χ4n) is 1.90. The molecule has 1 aromatic carbocycles. The number of hydrogen-bond acceptors (Lipinski definition) is 3. The highest BCUT2D eigenvalue weighted by Crippen LogP contribution is 2.28. The van der Waals surface area contributed by atoms with Gasteiger partial charge in [-0.1, -0.05) is 0 Å². The maximum absolute atomic E-state index is 13.2. The van der Waals surface area contributed by atoms with Crippen molar-refractivity contribution in [3.05, 3.63) is 29.1 Å². The van der Waals surface area contributed by atoms with Gasteiger partial charge in [0.05, 0.1) is 0 Å². The molecule has 0 bridgehead atoms. The average Bonchev–Trinajstić information content (AvgIpc) is 2.24. The zero-order valence-corrected chi connectivity index (χ0v) is 8.68. The van der Waals surface area contributed by atoms with Crippen LogP contribution in [0.5, 0.6) is 5.75 Å². The molecule has 2 rings (SSSR count). The van der Waals surface area contributed by atoms with E-state index in [-0.39, 0.29) is 17.6 Å². The molecule has 4 heteroatoms. The summed E-state index contributed by atoms with van der Waals surface area (Å²) in [5.41, 5.74) is 1.22. The first-order chi connectivity index (χ1) is 7.18. The third-order valence-corrected chi connectivity index (χ3v) is 2.71. The SMILES string of the molecule is Cc1cc(F)cc([C@H]2CNCCN2)c1O. The maximum Gasteiger partial charge on any atom is 0.124 e. The van der Waals surface area contributed by atoms with E-state index in [9.17, 15) is 9.50 Å². The molecule has 1 atom stereocenters. The van der Waals surface area contributed by atoms with Crippen LogP contribution in [0.2, 0.25) is 0 Å². The van der Waals surface area contributed by atoms with Gasteiger partial charge >= 0.3 is 0 Å². The lowest BCUT2D eigenvalue weighted by Gasteiger charge is -2.25. The minimum absolute atomic E-state index is 0.00634. The average molecular weight is 210 g/mol. The zero-order chi connectivity index (χ0) is 10.8. The molecular formula is C11H15FN2O. The van der Waals surface area contributed by atoms with E-state index >= 15 is 0 Å². The maximum atomic E-state index is 13.2. The Kier molecular flexibility index (Phi) is 2.88. The second-order valence-electron chi connectivity index (χ2n) is 3.87. The Morgan fingerprint density at radius 2 is 2.20 bits per heavy atom. The van der Waals surface area contributed by atoms with Gasteiger partial charge in [0.1, 0.15) is 11.6 Å². The summed E-state index contributed by atoms with van der Waals surface area (Å²) in [6, 6.07) is 2.73. The Morgan fingerprint density at radius 1 is 1.40 bits per heavy atom. The van der Waals surface area contributed by atoms with E-state index in [0.717, 1.165) is 19.6 Å². The van der Waals surface area contributed by atoms with E-state index < -0.39 is 0 Å². The third-order valence-electron chi connectivity index (χ3n) is 2.71. The fraction of sp³-hybridized carbons (Fsp3) is 0.455. The monoisotopic (exact) mass is 210 g/mol. The van der Waals surface area contributed by atoms with Gasteiger partial charge in [0, 0.05) is 31.2 Å². The van der Waals surface area contributed by atoms with Gasteiger partial charge in [0.15, 0.2) is 0 Å². The summed E-state index contributed by atoms with van der Waals surface area (Å²) in [5.74, 6) is -0.106. The minimum atomic E-state index is -0.298. The lowest BCUT2D eigenvalue weighted by Crippen LogP contribution is -2.42. The summed E-state index contributed by atoms with van der Waals surface area (Å²) in [4.78, 5) is 0. The minimum Gasteiger partial charge on any atom is -0.507 e.